The first kappa shape index (κ1) is 16.0. The molecule has 2 N–H and O–H groups in total. The first-order valence-electron chi connectivity index (χ1n) is 6.52. The number of rotatable bonds is 7. The van der Waals surface area contributed by atoms with Crippen molar-refractivity contribution in [3.8, 4) is 5.69 Å². The zero-order valence-corrected chi connectivity index (χ0v) is 12.6. The van der Waals surface area contributed by atoms with E-state index in [4.69, 9.17) is 5.11 Å². The molecule has 0 spiro atoms. The number of carboxylic acid groups (broad SMARTS) is 1. The summed E-state index contributed by atoms with van der Waals surface area (Å²) in [7, 11) is -3.95. The molecule has 0 bridgehead atoms. The van der Waals surface area contributed by atoms with Gasteiger partial charge in [0.1, 0.15) is 12.4 Å². The molecule has 2 rings (SSSR count). The summed E-state index contributed by atoms with van der Waals surface area (Å²) in [5, 5.41) is 19.7. The number of aromatic nitrogens is 4. The van der Waals surface area contributed by atoms with E-state index in [1.165, 1.54) is 29.2 Å². The van der Waals surface area contributed by atoms with Crippen LogP contribution in [0.1, 0.15) is 19.8 Å². The molecule has 0 aliphatic carbocycles. The van der Waals surface area contributed by atoms with Crippen molar-refractivity contribution in [1.29, 1.82) is 0 Å². The number of nitrogens with one attached hydrogen (secondary N) is 1. The Kier molecular flexibility index (Phi) is 4.83. The fraction of sp³-hybridized carbons (Fsp3) is 0.333. The van der Waals surface area contributed by atoms with Gasteiger partial charge >= 0.3 is 5.97 Å². The highest BCUT2D eigenvalue weighted by Gasteiger charge is 2.24. The summed E-state index contributed by atoms with van der Waals surface area (Å²) in [6, 6.07) is 4.74. The molecule has 0 saturated heterocycles. The van der Waals surface area contributed by atoms with Gasteiger partial charge in [-0.25, -0.2) is 13.1 Å². The van der Waals surface area contributed by atoms with Gasteiger partial charge in [0.05, 0.1) is 10.6 Å². The average Bonchev–Trinajstić information content (AvgIpc) is 3.01. The van der Waals surface area contributed by atoms with Gasteiger partial charge in [0.2, 0.25) is 10.0 Å². The van der Waals surface area contributed by atoms with Crippen LogP contribution in [0.25, 0.3) is 5.69 Å². The van der Waals surface area contributed by atoms with Crippen molar-refractivity contribution < 1.29 is 18.3 Å². The van der Waals surface area contributed by atoms with Gasteiger partial charge in [-0.3, -0.25) is 4.79 Å². The Morgan fingerprint density at radius 3 is 2.82 bits per heavy atom. The van der Waals surface area contributed by atoms with Crippen LogP contribution in [-0.4, -0.2) is 45.7 Å². The van der Waals surface area contributed by atoms with Crippen molar-refractivity contribution in [2.45, 2.75) is 30.7 Å². The fourth-order valence-electron chi connectivity index (χ4n) is 1.85. The van der Waals surface area contributed by atoms with E-state index in [9.17, 15) is 13.2 Å². The molecule has 0 radical (unpaired) electrons. The van der Waals surface area contributed by atoms with Crippen molar-refractivity contribution in [3.05, 3.63) is 30.6 Å². The fourth-order valence-corrected chi connectivity index (χ4v) is 3.11. The molecule has 1 heterocycles. The topological polar surface area (TPSA) is 127 Å². The van der Waals surface area contributed by atoms with Crippen LogP contribution in [0.5, 0.6) is 0 Å². The predicted molar refractivity (Wildman–Crippen MR) is 75.8 cm³/mol. The summed E-state index contributed by atoms with van der Waals surface area (Å²) in [4.78, 5) is 11.0. The van der Waals surface area contributed by atoms with Crippen molar-refractivity contribution in [2.24, 2.45) is 0 Å². The maximum atomic E-state index is 12.3. The van der Waals surface area contributed by atoms with Gasteiger partial charge in [-0.15, -0.1) is 5.10 Å². The Bertz CT molecular complexity index is 745. The zero-order chi connectivity index (χ0) is 16.2. The molecule has 1 atom stereocenters. The second kappa shape index (κ2) is 6.62. The minimum absolute atomic E-state index is 0.0529. The van der Waals surface area contributed by atoms with Gasteiger partial charge in [0.15, 0.2) is 0 Å². The number of sulfonamides is 1. The third-order valence-electron chi connectivity index (χ3n) is 2.91. The molecule has 0 aliphatic heterocycles. The molecule has 2 aromatic rings. The van der Waals surface area contributed by atoms with Gasteiger partial charge in [-0.1, -0.05) is 19.4 Å². The second-order valence-electron chi connectivity index (χ2n) is 4.55. The van der Waals surface area contributed by atoms with Gasteiger partial charge in [-0.2, -0.15) is 4.72 Å². The number of benzene rings is 1. The first-order valence-corrected chi connectivity index (χ1v) is 8.01. The van der Waals surface area contributed by atoms with Gasteiger partial charge in [-0.05, 0) is 35.0 Å². The van der Waals surface area contributed by atoms with E-state index in [0.717, 1.165) is 0 Å². The number of carboxylic acids is 1. The van der Waals surface area contributed by atoms with Crippen LogP contribution in [0, 0.1) is 0 Å². The number of hydrogen-bond acceptors (Lipinski definition) is 6. The molecule has 1 aromatic heterocycles. The number of nitrogens with zero attached hydrogens (tertiary/aromatic N) is 4. The summed E-state index contributed by atoms with van der Waals surface area (Å²) in [6.07, 6.45) is 2.09. The lowest BCUT2D eigenvalue weighted by Gasteiger charge is -2.14. The molecular weight excluding hydrogens is 310 g/mol. The highest BCUT2D eigenvalue weighted by Crippen LogP contribution is 2.15. The zero-order valence-electron chi connectivity index (χ0n) is 11.7. The standard InChI is InChI=1S/C12H15N5O4S/c1-2-4-11(12(18)19)14-22(20,21)10-6-3-5-9(7-10)17-8-13-15-16-17/h3,5-8,11,14H,2,4H2,1H3,(H,18,19). The van der Waals surface area contributed by atoms with Crippen molar-refractivity contribution in [3.63, 3.8) is 0 Å². The van der Waals surface area contributed by atoms with E-state index in [1.807, 2.05) is 0 Å². The molecule has 0 amide bonds. The maximum absolute atomic E-state index is 12.3. The van der Waals surface area contributed by atoms with Crippen LogP contribution in [0.3, 0.4) is 0 Å². The molecule has 0 fully saturated rings. The summed E-state index contributed by atoms with van der Waals surface area (Å²) < 4.78 is 28.1. The van der Waals surface area contributed by atoms with Crippen LogP contribution >= 0.6 is 0 Å². The quantitative estimate of drug-likeness (QED) is 0.744. The highest BCUT2D eigenvalue weighted by molar-refractivity contribution is 7.89. The summed E-state index contributed by atoms with van der Waals surface area (Å²) in [5.74, 6) is -1.21. The molecule has 10 heteroatoms. The summed E-state index contributed by atoms with van der Waals surface area (Å²) in [5.41, 5.74) is 0.454. The number of carbonyl (C=O) groups is 1. The van der Waals surface area contributed by atoms with E-state index in [-0.39, 0.29) is 11.3 Å². The van der Waals surface area contributed by atoms with Crippen LogP contribution in [0.4, 0.5) is 0 Å². The molecule has 1 aromatic carbocycles. The molecule has 0 saturated carbocycles. The van der Waals surface area contributed by atoms with Crippen LogP contribution in [0.15, 0.2) is 35.5 Å². The lowest BCUT2D eigenvalue weighted by molar-refractivity contribution is -0.139. The molecule has 0 aliphatic rings. The Hall–Kier alpha value is -2.33. The predicted octanol–water partition coefficient (Wildman–Crippen LogP) is 0.194. The highest BCUT2D eigenvalue weighted by atomic mass is 32.2. The van der Waals surface area contributed by atoms with Crippen LogP contribution in [0.2, 0.25) is 0 Å². The Morgan fingerprint density at radius 2 is 2.23 bits per heavy atom. The minimum atomic E-state index is -3.95. The molecule has 1 unspecified atom stereocenters. The van der Waals surface area contributed by atoms with Crippen LogP contribution in [-0.2, 0) is 14.8 Å². The smallest absolute Gasteiger partial charge is 0.321 e. The third kappa shape index (κ3) is 3.65. The Balaban J connectivity index is 2.29. The summed E-state index contributed by atoms with van der Waals surface area (Å²) in [6.45, 7) is 1.78. The van der Waals surface area contributed by atoms with E-state index in [0.29, 0.717) is 12.1 Å². The molecule has 9 nitrogen and oxygen atoms in total. The van der Waals surface area contributed by atoms with Crippen molar-refractivity contribution >= 4 is 16.0 Å². The third-order valence-corrected chi connectivity index (χ3v) is 4.38. The van der Waals surface area contributed by atoms with Gasteiger partial charge < -0.3 is 5.11 Å². The Morgan fingerprint density at radius 1 is 1.45 bits per heavy atom. The first-order chi connectivity index (χ1) is 10.4. The Labute approximate surface area is 127 Å². The van der Waals surface area contributed by atoms with Gasteiger partial charge in [0, 0.05) is 0 Å². The molecular formula is C12H15N5O4S. The normalized spacial score (nSPS) is 13.0. The second-order valence-corrected chi connectivity index (χ2v) is 6.27. The molecule has 22 heavy (non-hydrogen) atoms. The largest absolute Gasteiger partial charge is 0.480 e. The molecule has 118 valence electrons. The van der Waals surface area contributed by atoms with E-state index >= 15 is 0 Å². The van der Waals surface area contributed by atoms with Gasteiger partial charge in [0.25, 0.3) is 0 Å². The summed E-state index contributed by atoms with van der Waals surface area (Å²) >= 11 is 0. The number of hydrogen-bond donors (Lipinski definition) is 2. The SMILES string of the molecule is CCCC(NS(=O)(=O)c1cccc(-n2cnnn2)c1)C(=O)O. The van der Waals surface area contributed by atoms with E-state index < -0.39 is 22.0 Å². The van der Waals surface area contributed by atoms with Crippen molar-refractivity contribution in [2.75, 3.05) is 0 Å². The monoisotopic (exact) mass is 325 g/mol. The van der Waals surface area contributed by atoms with E-state index in [1.54, 1.807) is 13.0 Å². The van der Waals surface area contributed by atoms with Crippen molar-refractivity contribution in [1.82, 2.24) is 24.9 Å². The average molecular weight is 325 g/mol. The number of aliphatic carboxylic acids is 1. The lowest BCUT2D eigenvalue weighted by Crippen LogP contribution is -2.40. The van der Waals surface area contributed by atoms with E-state index in [2.05, 4.69) is 20.2 Å². The minimum Gasteiger partial charge on any atom is -0.480 e. The number of tetrazole rings is 1. The lowest BCUT2D eigenvalue weighted by atomic mass is 10.2. The maximum Gasteiger partial charge on any atom is 0.321 e. The van der Waals surface area contributed by atoms with Crippen LogP contribution < -0.4 is 4.72 Å².